The predicted molar refractivity (Wildman–Crippen MR) is 81.5 cm³/mol. The van der Waals surface area contributed by atoms with E-state index in [1.807, 2.05) is 13.8 Å². The summed E-state index contributed by atoms with van der Waals surface area (Å²) in [6.45, 7) is 11.6. The summed E-state index contributed by atoms with van der Waals surface area (Å²) in [4.78, 5) is 13.6. The van der Waals surface area contributed by atoms with Gasteiger partial charge in [0, 0.05) is 0 Å². The molecule has 0 radical (unpaired) electrons. The van der Waals surface area contributed by atoms with Crippen LogP contribution in [0.5, 0.6) is 0 Å². The van der Waals surface area contributed by atoms with Gasteiger partial charge in [-0.2, -0.15) is 0 Å². The summed E-state index contributed by atoms with van der Waals surface area (Å²) in [5, 5.41) is 9.07. The molecule has 0 fully saturated rings. The van der Waals surface area contributed by atoms with Crippen molar-refractivity contribution < 1.29 is 9.90 Å². The Morgan fingerprint density at radius 2 is 1.42 bits per heavy atom. The minimum Gasteiger partial charge on any atom is -0.481 e. The van der Waals surface area contributed by atoms with E-state index >= 15 is 0 Å². The molecule has 1 N–H and O–H groups in total. The van der Waals surface area contributed by atoms with Gasteiger partial charge in [-0.25, -0.2) is 0 Å². The Bertz CT molecular complexity index is 231. The summed E-state index contributed by atoms with van der Waals surface area (Å²) >= 11 is 0. The number of hydrogen-bond donors (Lipinski definition) is 1. The SMILES string of the molecule is CCCCN(CCCC)CCCCC(C)(C)C(=O)O. The molecule has 0 aliphatic carbocycles. The van der Waals surface area contributed by atoms with Gasteiger partial charge in [-0.15, -0.1) is 0 Å². The maximum atomic E-state index is 11.0. The quantitative estimate of drug-likeness (QED) is 0.542. The molecule has 3 heteroatoms. The van der Waals surface area contributed by atoms with E-state index in [0.717, 1.165) is 25.8 Å². The van der Waals surface area contributed by atoms with E-state index in [9.17, 15) is 4.79 Å². The van der Waals surface area contributed by atoms with Crippen molar-refractivity contribution in [1.29, 1.82) is 0 Å². The average molecular weight is 271 g/mol. The Morgan fingerprint density at radius 1 is 0.947 bits per heavy atom. The van der Waals surface area contributed by atoms with Crippen molar-refractivity contribution in [3.63, 3.8) is 0 Å². The van der Waals surface area contributed by atoms with Crippen LogP contribution in [0.15, 0.2) is 0 Å². The van der Waals surface area contributed by atoms with Gasteiger partial charge in [0.15, 0.2) is 0 Å². The molecule has 0 atom stereocenters. The van der Waals surface area contributed by atoms with E-state index in [2.05, 4.69) is 18.7 Å². The first kappa shape index (κ1) is 18.4. The summed E-state index contributed by atoms with van der Waals surface area (Å²) in [6.07, 6.45) is 7.92. The van der Waals surface area contributed by atoms with Crippen molar-refractivity contribution in [2.75, 3.05) is 19.6 Å². The number of carboxylic acid groups (broad SMARTS) is 1. The molecule has 0 unspecified atom stereocenters. The fourth-order valence-electron chi connectivity index (χ4n) is 2.11. The molecule has 0 heterocycles. The fraction of sp³-hybridized carbons (Fsp3) is 0.938. The van der Waals surface area contributed by atoms with Crippen LogP contribution < -0.4 is 0 Å². The molecule has 0 bridgehead atoms. The fourth-order valence-corrected chi connectivity index (χ4v) is 2.11. The van der Waals surface area contributed by atoms with Crippen LogP contribution >= 0.6 is 0 Å². The zero-order valence-electron chi connectivity index (χ0n) is 13.4. The van der Waals surface area contributed by atoms with Gasteiger partial charge in [-0.1, -0.05) is 33.1 Å². The predicted octanol–water partition coefficient (Wildman–Crippen LogP) is 4.17. The van der Waals surface area contributed by atoms with Gasteiger partial charge >= 0.3 is 5.97 Å². The molecular weight excluding hydrogens is 238 g/mol. The van der Waals surface area contributed by atoms with Gasteiger partial charge in [-0.05, 0) is 59.2 Å². The van der Waals surface area contributed by atoms with Gasteiger partial charge in [-0.3, -0.25) is 4.79 Å². The maximum Gasteiger partial charge on any atom is 0.309 e. The molecule has 0 amide bonds. The molecule has 0 aromatic carbocycles. The zero-order chi connectivity index (χ0) is 14.7. The number of hydrogen-bond acceptors (Lipinski definition) is 2. The zero-order valence-corrected chi connectivity index (χ0v) is 13.4. The Balaban J connectivity index is 3.87. The second-order valence-corrected chi connectivity index (χ2v) is 6.19. The number of carbonyl (C=O) groups is 1. The first-order chi connectivity index (χ1) is 8.94. The molecule has 0 aromatic heterocycles. The maximum absolute atomic E-state index is 11.0. The first-order valence-electron chi connectivity index (χ1n) is 7.89. The van der Waals surface area contributed by atoms with E-state index in [1.54, 1.807) is 0 Å². The van der Waals surface area contributed by atoms with Crippen LogP contribution in [-0.4, -0.2) is 35.6 Å². The van der Waals surface area contributed by atoms with Crippen LogP contribution in [0.1, 0.15) is 72.6 Å². The summed E-state index contributed by atoms with van der Waals surface area (Å²) in [5.74, 6) is -0.679. The lowest BCUT2D eigenvalue weighted by molar-refractivity contribution is -0.147. The second kappa shape index (κ2) is 10.2. The Morgan fingerprint density at radius 3 is 1.84 bits per heavy atom. The topological polar surface area (TPSA) is 40.5 Å². The highest BCUT2D eigenvalue weighted by Gasteiger charge is 2.26. The molecule has 0 aromatic rings. The third kappa shape index (κ3) is 9.04. The van der Waals surface area contributed by atoms with Crippen LogP contribution in [-0.2, 0) is 4.79 Å². The second-order valence-electron chi connectivity index (χ2n) is 6.19. The smallest absolute Gasteiger partial charge is 0.309 e. The number of nitrogens with zero attached hydrogens (tertiary/aromatic N) is 1. The molecule has 19 heavy (non-hydrogen) atoms. The number of carboxylic acids is 1. The molecule has 0 spiro atoms. The normalized spacial score (nSPS) is 12.1. The lowest BCUT2D eigenvalue weighted by atomic mass is 9.87. The van der Waals surface area contributed by atoms with E-state index < -0.39 is 11.4 Å². The van der Waals surface area contributed by atoms with E-state index in [0.29, 0.717) is 0 Å². The molecular formula is C16H33NO2. The Kier molecular flexibility index (Phi) is 9.94. The molecule has 0 saturated heterocycles. The summed E-state index contributed by atoms with van der Waals surface area (Å²) in [7, 11) is 0. The highest BCUT2D eigenvalue weighted by molar-refractivity contribution is 5.73. The lowest BCUT2D eigenvalue weighted by Crippen LogP contribution is -2.28. The standard InChI is InChI=1S/C16H33NO2/c1-5-7-12-17(13-8-6-2)14-10-9-11-16(3,4)15(18)19/h5-14H2,1-4H3,(H,18,19). The van der Waals surface area contributed by atoms with Crippen molar-refractivity contribution >= 4 is 5.97 Å². The van der Waals surface area contributed by atoms with Gasteiger partial charge < -0.3 is 10.0 Å². The van der Waals surface area contributed by atoms with Gasteiger partial charge in [0.05, 0.1) is 5.41 Å². The van der Waals surface area contributed by atoms with Crippen molar-refractivity contribution in [1.82, 2.24) is 4.90 Å². The van der Waals surface area contributed by atoms with Gasteiger partial charge in [0.2, 0.25) is 0 Å². The largest absolute Gasteiger partial charge is 0.481 e. The molecule has 114 valence electrons. The lowest BCUT2D eigenvalue weighted by Gasteiger charge is -2.23. The number of rotatable bonds is 12. The van der Waals surface area contributed by atoms with E-state index in [1.165, 1.54) is 38.8 Å². The number of aliphatic carboxylic acids is 1. The monoisotopic (exact) mass is 271 g/mol. The molecule has 0 saturated carbocycles. The van der Waals surface area contributed by atoms with Gasteiger partial charge in [0.25, 0.3) is 0 Å². The molecule has 0 aliphatic rings. The van der Waals surface area contributed by atoms with Crippen LogP contribution in [0, 0.1) is 5.41 Å². The Labute approximate surface area is 119 Å². The minimum absolute atomic E-state index is 0.572. The highest BCUT2D eigenvalue weighted by atomic mass is 16.4. The third-order valence-electron chi connectivity index (χ3n) is 3.76. The molecule has 3 nitrogen and oxygen atoms in total. The van der Waals surface area contributed by atoms with Crippen LogP contribution in [0.25, 0.3) is 0 Å². The summed E-state index contributed by atoms with van der Waals surface area (Å²) in [6, 6.07) is 0. The Hall–Kier alpha value is -0.570. The number of unbranched alkanes of at least 4 members (excludes halogenated alkanes) is 3. The third-order valence-corrected chi connectivity index (χ3v) is 3.76. The van der Waals surface area contributed by atoms with Gasteiger partial charge in [0.1, 0.15) is 0 Å². The van der Waals surface area contributed by atoms with E-state index in [4.69, 9.17) is 5.11 Å². The molecule has 0 aliphatic heterocycles. The summed E-state index contributed by atoms with van der Waals surface area (Å²) in [5.41, 5.74) is -0.572. The molecule has 0 rings (SSSR count). The van der Waals surface area contributed by atoms with Crippen molar-refractivity contribution in [2.24, 2.45) is 5.41 Å². The summed E-state index contributed by atoms with van der Waals surface area (Å²) < 4.78 is 0. The van der Waals surface area contributed by atoms with Crippen LogP contribution in [0.3, 0.4) is 0 Å². The highest BCUT2D eigenvalue weighted by Crippen LogP contribution is 2.23. The minimum atomic E-state index is -0.679. The van der Waals surface area contributed by atoms with E-state index in [-0.39, 0.29) is 0 Å². The van der Waals surface area contributed by atoms with Crippen LogP contribution in [0.2, 0.25) is 0 Å². The van der Waals surface area contributed by atoms with Crippen LogP contribution in [0.4, 0.5) is 0 Å². The average Bonchev–Trinajstić information content (AvgIpc) is 2.36. The van der Waals surface area contributed by atoms with Crippen molar-refractivity contribution in [3.8, 4) is 0 Å². The van der Waals surface area contributed by atoms with Crippen molar-refractivity contribution in [3.05, 3.63) is 0 Å². The first-order valence-corrected chi connectivity index (χ1v) is 7.89. The van der Waals surface area contributed by atoms with Crippen molar-refractivity contribution in [2.45, 2.75) is 72.6 Å².